The summed E-state index contributed by atoms with van der Waals surface area (Å²) in [5, 5.41) is 0. The van der Waals surface area contributed by atoms with E-state index in [4.69, 9.17) is 0 Å². The molecule has 0 spiro atoms. The van der Waals surface area contributed by atoms with Crippen molar-refractivity contribution in [3.05, 3.63) is 69.8 Å². The molecule has 0 heterocycles. The fraction of sp³-hybridized carbons (Fsp3) is 0.278. The van der Waals surface area contributed by atoms with E-state index in [0.717, 1.165) is 22.8 Å². The molecule has 1 atom stereocenters. The van der Waals surface area contributed by atoms with Crippen LogP contribution in [0.2, 0.25) is 0 Å². The molecule has 2 rings (SSSR count). The molecule has 110 valence electrons. The van der Waals surface area contributed by atoms with Gasteiger partial charge in [0.2, 0.25) is 0 Å². The van der Waals surface area contributed by atoms with Gasteiger partial charge in [-0.05, 0) is 50.5 Å². The van der Waals surface area contributed by atoms with Crippen molar-refractivity contribution in [2.45, 2.75) is 33.7 Å². The summed E-state index contributed by atoms with van der Waals surface area (Å²) in [5.41, 5.74) is 4.94. The molecule has 2 aromatic rings. The van der Waals surface area contributed by atoms with E-state index in [9.17, 15) is 8.78 Å². The normalized spacial score (nSPS) is 12.9. The van der Waals surface area contributed by atoms with Crippen molar-refractivity contribution in [2.24, 2.45) is 4.99 Å². The van der Waals surface area contributed by atoms with Crippen molar-refractivity contribution < 1.29 is 8.78 Å². The standard InChI is InChI=1S/C18H19F2N/c1-11-7-12(2)17(13(3)8-11)10-21-14(4)16-6-5-15(19)9-18(16)20/h5-10,14H,1-4H3/b21-10-. The zero-order valence-corrected chi connectivity index (χ0v) is 12.7. The summed E-state index contributed by atoms with van der Waals surface area (Å²) < 4.78 is 26.7. The van der Waals surface area contributed by atoms with Crippen molar-refractivity contribution in [1.29, 1.82) is 0 Å². The van der Waals surface area contributed by atoms with Crippen molar-refractivity contribution >= 4 is 6.21 Å². The lowest BCUT2D eigenvalue weighted by Crippen LogP contribution is -1.98. The Morgan fingerprint density at radius 1 is 1.00 bits per heavy atom. The third-order valence-corrected chi connectivity index (χ3v) is 3.58. The van der Waals surface area contributed by atoms with Crippen molar-refractivity contribution in [3.8, 4) is 0 Å². The maximum Gasteiger partial charge on any atom is 0.131 e. The Balaban J connectivity index is 2.29. The number of halogens is 2. The van der Waals surface area contributed by atoms with Crippen LogP contribution in [-0.2, 0) is 0 Å². The van der Waals surface area contributed by atoms with Gasteiger partial charge in [-0.1, -0.05) is 23.8 Å². The molecule has 3 heteroatoms. The minimum Gasteiger partial charge on any atom is -0.285 e. The first-order chi connectivity index (χ1) is 9.88. The summed E-state index contributed by atoms with van der Waals surface area (Å²) in [7, 11) is 0. The monoisotopic (exact) mass is 287 g/mol. The summed E-state index contributed by atoms with van der Waals surface area (Å²) in [6.45, 7) is 7.91. The highest BCUT2D eigenvalue weighted by atomic mass is 19.1. The van der Waals surface area contributed by atoms with Gasteiger partial charge in [-0.2, -0.15) is 0 Å². The first-order valence-electron chi connectivity index (χ1n) is 6.94. The van der Waals surface area contributed by atoms with Crippen molar-refractivity contribution in [2.75, 3.05) is 0 Å². The lowest BCUT2D eigenvalue weighted by Gasteiger charge is -2.10. The summed E-state index contributed by atoms with van der Waals surface area (Å²) in [5.74, 6) is -1.13. The van der Waals surface area contributed by atoms with Crippen LogP contribution in [0.1, 0.15) is 40.8 Å². The first-order valence-corrected chi connectivity index (χ1v) is 6.94. The highest BCUT2D eigenvalue weighted by Gasteiger charge is 2.10. The second-order valence-corrected chi connectivity index (χ2v) is 5.43. The molecule has 2 aromatic carbocycles. The molecular weight excluding hydrogens is 268 g/mol. The van der Waals surface area contributed by atoms with Gasteiger partial charge in [-0.3, -0.25) is 4.99 Å². The van der Waals surface area contributed by atoms with Gasteiger partial charge in [0.15, 0.2) is 0 Å². The average Bonchev–Trinajstić information content (AvgIpc) is 2.36. The number of aliphatic imine (C=N–C) groups is 1. The topological polar surface area (TPSA) is 12.4 Å². The minimum atomic E-state index is -0.572. The number of nitrogens with zero attached hydrogens (tertiary/aromatic N) is 1. The Morgan fingerprint density at radius 2 is 1.62 bits per heavy atom. The first kappa shape index (κ1) is 15.4. The predicted molar refractivity (Wildman–Crippen MR) is 83.0 cm³/mol. The van der Waals surface area contributed by atoms with Crippen LogP contribution >= 0.6 is 0 Å². The van der Waals surface area contributed by atoms with Crippen molar-refractivity contribution in [3.63, 3.8) is 0 Å². The van der Waals surface area contributed by atoms with Crippen LogP contribution in [0.15, 0.2) is 35.3 Å². The number of hydrogen-bond acceptors (Lipinski definition) is 1. The maximum atomic E-state index is 13.7. The highest BCUT2D eigenvalue weighted by molar-refractivity contribution is 5.84. The van der Waals surface area contributed by atoms with E-state index in [-0.39, 0.29) is 6.04 Å². The van der Waals surface area contributed by atoms with Gasteiger partial charge in [0.05, 0.1) is 6.04 Å². The molecule has 0 saturated carbocycles. The molecule has 0 aliphatic carbocycles. The van der Waals surface area contributed by atoms with Crippen LogP contribution in [0.5, 0.6) is 0 Å². The third-order valence-electron chi connectivity index (χ3n) is 3.58. The predicted octanol–water partition coefficient (Wildman–Crippen LogP) is 5.07. The second kappa shape index (κ2) is 6.17. The molecule has 0 aliphatic rings. The second-order valence-electron chi connectivity index (χ2n) is 5.43. The third kappa shape index (κ3) is 3.54. The lowest BCUT2D eigenvalue weighted by molar-refractivity contribution is 0.563. The van der Waals surface area contributed by atoms with Gasteiger partial charge in [0.25, 0.3) is 0 Å². The molecule has 0 saturated heterocycles. The average molecular weight is 287 g/mol. The fourth-order valence-corrected chi connectivity index (χ4v) is 2.50. The summed E-state index contributed by atoms with van der Waals surface area (Å²) in [4.78, 5) is 4.42. The Kier molecular flexibility index (Phi) is 4.51. The SMILES string of the molecule is Cc1cc(C)c(/C=N\C(C)c2ccc(F)cc2F)c(C)c1. The smallest absolute Gasteiger partial charge is 0.131 e. The fourth-order valence-electron chi connectivity index (χ4n) is 2.50. The van der Waals surface area contributed by atoms with E-state index in [2.05, 4.69) is 24.0 Å². The van der Waals surface area contributed by atoms with E-state index >= 15 is 0 Å². The van der Waals surface area contributed by atoms with Crippen molar-refractivity contribution in [1.82, 2.24) is 0 Å². The van der Waals surface area contributed by atoms with E-state index in [1.54, 1.807) is 13.1 Å². The van der Waals surface area contributed by atoms with Gasteiger partial charge < -0.3 is 0 Å². The highest BCUT2D eigenvalue weighted by Crippen LogP contribution is 2.22. The molecular formula is C18H19F2N. The molecule has 0 amide bonds. The molecule has 0 N–H and O–H groups in total. The number of aryl methyl sites for hydroxylation is 3. The van der Waals surface area contributed by atoms with Gasteiger partial charge in [-0.15, -0.1) is 0 Å². The summed E-state index contributed by atoms with van der Waals surface area (Å²) in [6.07, 6.45) is 1.78. The lowest BCUT2D eigenvalue weighted by atomic mass is 10.0. The van der Waals surface area contributed by atoms with Crippen LogP contribution in [0.3, 0.4) is 0 Å². The molecule has 21 heavy (non-hydrogen) atoms. The van der Waals surface area contributed by atoms with E-state index in [1.807, 2.05) is 13.8 Å². The van der Waals surface area contributed by atoms with Gasteiger partial charge in [0.1, 0.15) is 11.6 Å². The molecule has 0 fully saturated rings. The number of benzene rings is 2. The molecule has 0 radical (unpaired) electrons. The van der Waals surface area contributed by atoms with Gasteiger partial charge >= 0.3 is 0 Å². The Labute approximate surface area is 124 Å². The zero-order chi connectivity index (χ0) is 15.6. The van der Waals surface area contributed by atoms with Gasteiger partial charge in [-0.25, -0.2) is 8.78 Å². The molecule has 1 unspecified atom stereocenters. The Hall–Kier alpha value is -2.03. The Morgan fingerprint density at radius 3 is 2.19 bits per heavy atom. The molecule has 0 aromatic heterocycles. The maximum absolute atomic E-state index is 13.7. The van der Waals surface area contributed by atoms with Crippen LogP contribution < -0.4 is 0 Å². The molecule has 0 bridgehead atoms. The number of rotatable bonds is 3. The van der Waals surface area contributed by atoms with Gasteiger partial charge in [0, 0.05) is 17.8 Å². The van der Waals surface area contributed by atoms with E-state index < -0.39 is 11.6 Å². The van der Waals surface area contributed by atoms with Crippen LogP contribution in [0.25, 0.3) is 0 Å². The minimum absolute atomic E-state index is 0.356. The summed E-state index contributed by atoms with van der Waals surface area (Å²) in [6, 6.07) is 7.43. The largest absolute Gasteiger partial charge is 0.285 e. The van der Waals surface area contributed by atoms with E-state index in [0.29, 0.717) is 5.56 Å². The number of hydrogen-bond donors (Lipinski definition) is 0. The molecule has 1 nitrogen and oxygen atoms in total. The Bertz CT molecular complexity index is 667. The van der Waals surface area contributed by atoms with Crippen LogP contribution in [0.4, 0.5) is 8.78 Å². The zero-order valence-electron chi connectivity index (χ0n) is 12.7. The quantitative estimate of drug-likeness (QED) is 0.699. The molecule has 0 aliphatic heterocycles. The van der Waals surface area contributed by atoms with Crippen LogP contribution in [-0.4, -0.2) is 6.21 Å². The van der Waals surface area contributed by atoms with E-state index in [1.165, 1.54) is 17.7 Å². The summed E-state index contributed by atoms with van der Waals surface area (Å²) >= 11 is 0. The van der Waals surface area contributed by atoms with Crippen LogP contribution in [0, 0.1) is 32.4 Å².